The van der Waals surface area contributed by atoms with Crippen LogP contribution in [0.3, 0.4) is 0 Å². The van der Waals surface area contributed by atoms with Gasteiger partial charge in [0.15, 0.2) is 0 Å². The average Bonchev–Trinajstić information content (AvgIpc) is 3.31. The van der Waals surface area contributed by atoms with Gasteiger partial charge in [-0.05, 0) is 68.2 Å². The number of likely N-dealkylation sites (N-methyl/N-ethyl adjacent to an activating group) is 1. The Kier molecular flexibility index (Phi) is 3.98. The number of benzene rings is 1. The lowest BCUT2D eigenvalue weighted by atomic mass is 10.00. The highest BCUT2D eigenvalue weighted by Gasteiger charge is 2.22. The van der Waals surface area contributed by atoms with Gasteiger partial charge in [0.25, 0.3) is 0 Å². The fourth-order valence-corrected chi connectivity index (χ4v) is 3.74. The van der Waals surface area contributed by atoms with E-state index in [4.69, 9.17) is 9.83 Å². The second-order valence-corrected chi connectivity index (χ2v) is 6.81. The topological polar surface area (TPSA) is 56.0 Å². The Morgan fingerprint density at radius 2 is 2.29 bits per heavy atom. The van der Waals surface area contributed by atoms with Crippen LogP contribution >= 0.6 is 0 Å². The molecule has 0 bridgehead atoms. The maximum Gasteiger partial charge on any atom is 0.147 e. The third-order valence-corrected chi connectivity index (χ3v) is 5.16. The minimum atomic E-state index is 0.520. The summed E-state index contributed by atoms with van der Waals surface area (Å²) in [6.07, 6.45) is 8.04. The second kappa shape index (κ2) is 6.29. The van der Waals surface area contributed by atoms with Gasteiger partial charge in [0.1, 0.15) is 5.76 Å². The Bertz CT molecular complexity index is 847. The molecule has 2 aromatic heterocycles. The van der Waals surface area contributed by atoms with Gasteiger partial charge in [-0.2, -0.15) is 0 Å². The van der Waals surface area contributed by atoms with Crippen molar-refractivity contribution in [1.82, 2.24) is 9.88 Å². The van der Waals surface area contributed by atoms with Crippen LogP contribution < -0.4 is 0 Å². The van der Waals surface area contributed by atoms with Gasteiger partial charge in [-0.3, -0.25) is 0 Å². The van der Waals surface area contributed by atoms with E-state index in [1.165, 1.54) is 35.9 Å². The minimum Gasteiger partial charge on any atom is -0.463 e. The molecule has 124 valence electrons. The fourth-order valence-electron chi connectivity index (χ4n) is 3.74. The lowest BCUT2D eigenvalue weighted by Gasteiger charge is -2.18. The molecule has 2 N–H and O–H groups in total. The van der Waals surface area contributed by atoms with Crippen molar-refractivity contribution in [2.75, 3.05) is 13.6 Å². The summed E-state index contributed by atoms with van der Waals surface area (Å²) in [7, 11) is 2.22. The van der Waals surface area contributed by atoms with E-state index in [9.17, 15) is 0 Å². The predicted molar refractivity (Wildman–Crippen MR) is 96.9 cm³/mol. The summed E-state index contributed by atoms with van der Waals surface area (Å²) >= 11 is 0. The summed E-state index contributed by atoms with van der Waals surface area (Å²) in [5.41, 5.74) is 4.24. The van der Waals surface area contributed by atoms with Crippen LogP contribution in [0.25, 0.3) is 10.9 Å². The lowest BCUT2D eigenvalue weighted by Crippen LogP contribution is -2.26. The smallest absolute Gasteiger partial charge is 0.147 e. The molecular formula is C20H23N3O. The first-order valence-electron chi connectivity index (χ1n) is 8.61. The third-order valence-electron chi connectivity index (χ3n) is 5.16. The zero-order valence-electron chi connectivity index (χ0n) is 14.0. The van der Waals surface area contributed by atoms with Gasteiger partial charge in [0.2, 0.25) is 0 Å². The summed E-state index contributed by atoms with van der Waals surface area (Å²) in [5.74, 6) is 0.650. The number of aromatic nitrogens is 1. The molecule has 4 heteroatoms. The number of nitrogens with zero attached hydrogens (tertiary/aromatic N) is 1. The van der Waals surface area contributed by atoms with E-state index in [0.29, 0.717) is 23.9 Å². The highest BCUT2D eigenvalue weighted by molar-refractivity contribution is 5.97. The molecule has 0 radical (unpaired) electrons. The monoisotopic (exact) mass is 321 g/mol. The lowest BCUT2D eigenvalue weighted by molar-refractivity contribution is 0.310. The number of H-pyrrole nitrogens is 1. The molecule has 0 aliphatic carbocycles. The molecule has 24 heavy (non-hydrogen) atoms. The first-order chi connectivity index (χ1) is 11.7. The van der Waals surface area contributed by atoms with E-state index in [0.717, 1.165) is 12.0 Å². The number of likely N-dealkylation sites (tertiary alicyclic amines) is 1. The fraction of sp³-hybridized carbons (Fsp3) is 0.350. The number of aromatic amines is 1. The van der Waals surface area contributed by atoms with Crippen LogP contribution in [0.15, 0.2) is 47.2 Å². The first kappa shape index (κ1) is 15.2. The molecule has 4 nitrogen and oxygen atoms in total. The molecule has 3 aromatic rings. The van der Waals surface area contributed by atoms with Crippen molar-refractivity contribution in [3.05, 3.63) is 59.7 Å². The molecule has 1 aliphatic rings. The third kappa shape index (κ3) is 2.89. The van der Waals surface area contributed by atoms with Crippen LogP contribution in [0.4, 0.5) is 0 Å². The van der Waals surface area contributed by atoms with Crippen molar-refractivity contribution >= 4 is 16.6 Å². The Hall–Kier alpha value is -2.33. The van der Waals surface area contributed by atoms with Crippen LogP contribution in [0, 0.1) is 5.41 Å². The molecule has 1 atom stereocenters. The van der Waals surface area contributed by atoms with E-state index in [2.05, 4.69) is 41.3 Å². The highest BCUT2D eigenvalue weighted by atomic mass is 16.3. The maximum atomic E-state index is 8.21. The zero-order valence-corrected chi connectivity index (χ0v) is 14.0. The SMILES string of the molecule is CN1CCC[C@H]1Cc1c[nH]c2ccc(CC(=N)c3ccco3)cc12. The van der Waals surface area contributed by atoms with Gasteiger partial charge in [-0.25, -0.2) is 0 Å². The van der Waals surface area contributed by atoms with E-state index < -0.39 is 0 Å². The van der Waals surface area contributed by atoms with Gasteiger partial charge in [-0.1, -0.05) is 6.07 Å². The summed E-state index contributed by atoms with van der Waals surface area (Å²) in [4.78, 5) is 5.86. The largest absolute Gasteiger partial charge is 0.463 e. The van der Waals surface area contributed by atoms with E-state index >= 15 is 0 Å². The number of fused-ring (bicyclic) bond motifs is 1. The molecular weight excluding hydrogens is 298 g/mol. The standard InChI is InChI=1S/C20H23N3O/c1-23-8-2-4-16(23)12-15-13-22-19-7-6-14(10-17(15)19)11-18(21)20-5-3-9-24-20/h3,5-7,9-10,13,16,21-22H,2,4,8,11-12H2,1H3/t16-/m0/s1. The van der Waals surface area contributed by atoms with Crippen molar-refractivity contribution in [2.24, 2.45) is 0 Å². The molecule has 3 heterocycles. The van der Waals surface area contributed by atoms with Gasteiger partial charge < -0.3 is 19.7 Å². The molecule has 1 aliphatic heterocycles. The number of hydrogen-bond donors (Lipinski definition) is 2. The molecule has 1 fully saturated rings. The second-order valence-electron chi connectivity index (χ2n) is 6.81. The highest BCUT2D eigenvalue weighted by Crippen LogP contribution is 2.26. The Labute approximate surface area is 142 Å². The molecule has 0 amide bonds. The van der Waals surface area contributed by atoms with Crippen molar-refractivity contribution in [2.45, 2.75) is 31.7 Å². The Balaban J connectivity index is 1.57. The van der Waals surface area contributed by atoms with Gasteiger partial charge >= 0.3 is 0 Å². The normalized spacial score (nSPS) is 18.5. The summed E-state index contributed by atoms with van der Waals surface area (Å²) < 4.78 is 5.33. The van der Waals surface area contributed by atoms with Crippen LogP contribution in [0.2, 0.25) is 0 Å². The first-order valence-corrected chi connectivity index (χ1v) is 8.61. The predicted octanol–water partition coefficient (Wildman–Crippen LogP) is 4.01. The average molecular weight is 321 g/mol. The quantitative estimate of drug-likeness (QED) is 0.698. The van der Waals surface area contributed by atoms with E-state index in [1.807, 2.05) is 12.1 Å². The van der Waals surface area contributed by atoms with Crippen LogP contribution in [0.5, 0.6) is 0 Å². The van der Waals surface area contributed by atoms with E-state index in [1.54, 1.807) is 6.26 Å². The number of furan rings is 1. The van der Waals surface area contributed by atoms with Crippen LogP contribution in [-0.2, 0) is 12.8 Å². The molecule has 1 aromatic carbocycles. The molecule has 4 rings (SSSR count). The summed E-state index contributed by atoms with van der Waals surface area (Å²) in [5, 5.41) is 9.50. The minimum absolute atomic E-state index is 0.520. The van der Waals surface area contributed by atoms with Crippen molar-refractivity contribution in [1.29, 1.82) is 5.41 Å². The van der Waals surface area contributed by atoms with Crippen LogP contribution in [0.1, 0.15) is 29.7 Å². The summed E-state index contributed by atoms with van der Waals surface area (Å²) in [6, 6.07) is 10.8. The molecule has 0 spiro atoms. The Morgan fingerprint density at radius 3 is 3.04 bits per heavy atom. The molecule has 0 saturated carbocycles. The number of nitrogens with one attached hydrogen (secondary N) is 2. The van der Waals surface area contributed by atoms with Crippen molar-refractivity contribution in [3.63, 3.8) is 0 Å². The van der Waals surface area contributed by atoms with E-state index in [-0.39, 0.29) is 0 Å². The summed E-state index contributed by atoms with van der Waals surface area (Å²) in [6.45, 7) is 1.21. The number of hydrogen-bond acceptors (Lipinski definition) is 3. The maximum absolute atomic E-state index is 8.21. The van der Waals surface area contributed by atoms with Gasteiger partial charge in [0.05, 0.1) is 12.0 Å². The van der Waals surface area contributed by atoms with Crippen molar-refractivity contribution < 1.29 is 4.42 Å². The zero-order chi connectivity index (χ0) is 16.5. The molecule has 1 saturated heterocycles. The molecule has 0 unspecified atom stereocenters. The number of rotatable bonds is 5. The van der Waals surface area contributed by atoms with Crippen LogP contribution in [-0.4, -0.2) is 35.2 Å². The Morgan fingerprint density at radius 1 is 1.38 bits per heavy atom. The van der Waals surface area contributed by atoms with Crippen molar-refractivity contribution in [3.8, 4) is 0 Å². The van der Waals surface area contributed by atoms with Gasteiger partial charge in [-0.15, -0.1) is 0 Å². The van der Waals surface area contributed by atoms with Gasteiger partial charge in [0, 0.05) is 29.6 Å².